The SMILES string of the molecule is CCCCCCCN(CC)C(C)CCCc1ccc(N(OC(=O)CC(O)(CC(=O)O)C(=O)O)S(C)(=O)=O)cc1. The minimum atomic E-state index is -4.14. The van der Waals surface area contributed by atoms with Gasteiger partial charge in [0.15, 0.2) is 5.60 Å². The third-order valence-electron chi connectivity index (χ3n) is 6.58. The summed E-state index contributed by atoms with van der Waals surface area (Å²) in [6.45, 7) is 8.72. The summed E-state index contributed by atoms with van der Waals surface area (Å²) in [5.41, 5.74) is -1.98. The molecule has 0 aliphatic rings. The van der Waals surface area contributed by atoms with Gasteiger partial charge in [0, 0.05) is 6.04 Å². The minimum Gasteiger partial charge on any atom is -0.481 e. The zero-order chi connectivity index (χ0) is 29.6. The normalized spacial score (nSPS) is 14.0. The van der Waals surface area contributed by atoms with Crippen LogP contribution in [0.2, 0.25) is 0 Å². The molecule has 0 aromatic heterocycles. The highest BCUT2D eigenvalue weighted by Gasteiger charge is 2.42. The maximum Gasteiger partial charge on any atom is 0.337 e. The Balaban J connectivity index is 2.75. The molecule has 0 spiro atoms. The molecule has 0 fully saturated rings. The number of carbonyl (C=O) groups is 3. The number of carbonyl (C=O) groups excluding carboxylic acids is 1. The van der Waals surface area contributed by atoms with E-state index < -0.39 is 46.4 Å². The van der Waals surface area contributed by atoms with Crippen LogP contribution < -0.4 is 4.47 Å². The van der Waals surface area contributed by atoms with Crippen LogP contribution in [0, 0.1) is 0 Å². The van der Waals surface area contributed by atoms with Crippen molar-refractivity contribution in [2.45, 2.75) is 96.6 Å². The molecular formula is C27H44N2O9S. The van der Waals surface area contributed by atoms with E-state index in [1.54, 1.807) is 12.1 Å². The van der Waals surface area contributed by atoms with Gasteiger partial charge in [-0.1, -0.05) is 56.1 Å². The number of aliphatic carboxylic acids is 2. The fourth-order valence-corrected chi connectivity index (χ4v) is 5.04. The van der Waals surface area contributed by atoms with Gasteiger partial charge >= 0.3 is 17.9 Å². The highest BCUT2D eigenvalue weighted by atomic mass is 32.2. The lowest BCUT2D eigenvalue weighted by Gasteiger charge is -2.28. The second kappa shape index (κ2) is 16.4. The maximum atomic E-state index is 12.3. The van der Waals surface area contributed by atoms with Gasteiger partial charge in [0.05, 0.1) is 24.8 Å². The molecule has 0 aliphatic carbocycles. The van der Waals surface area contributed by atoms with Crippen LogP contribution in [0.15, 0.2) is 24.3 Å². The first-order valence-electron chi connectivity index (χ1n) is 13.4. The van der Waals surface area contributed by atoms with Crippen molar-refractivity contribution in [2.24, 2.45) is 0 Å². The molecule has 39 heavy (non-hydrogen) atoms. The number of carboxylic acid groups (broad SMARTS) is 2. The number of carboxylic acids is 2. The molecule has 2 unspecified atom stereocenters. The van der Waals surface area contributed by atoms with E-state index >= 15 is 0 Å². The average Bonchev–Trinajstić information content (AvgIpc) is 2.84. The van der Waals surface area contributed by atoms with Crippen molar-refractivity contribution in [2.75, 3.05) is 23.8 Å². The summed E-state index contributed by atoms with van der Waals surface area (Å²) in [7, 11) is -4.14. The summed E-state index contributed by atoms with van der Waals surface area (Å²) in [4.78, 5) is 41.8. The number of rotatable bonds is 20. The highest BCUT2D eigenvalue weighted by molar-refractivity contribution is 7.91. The molecule has 1 aromatic carbocycles. The first-order chi connectivity index (χ1) is 18.2. The number of anilines is 1. The van der Waals surface area contributed by atoms with Crippen LogP contribution in [0.5, 0.6) is 0 Å². The molecule has 222 valence electrons. The average molecular weight is 573 g/mol. The lowest BCUT2D eigenvalue weighted by Crippen LogP contribution is -2.44. The van der Waals surface area contributed by atoms with Crippen molar-refractivity contribution in [1.29, 1.82) is 0 Å². The van der Waals surface area contributed by atoms with Gasteiger partial charge in [0.25, 0.3) is 10.0 Å². The van der Waals surface area contributed by atoms with Gasteiger partial charge in [0.2, 0.25) is 0 Å². The van der Waals surface area contributed by atoms with Gasteiger partial charge in [-0.3, -0.25) is 4.79 Å². The third kappa shape index (κ3) is 12.3. The van der Waals surface area contributed by atoms with Crippen molar-refractivity contribution >= 4 is 33.6 Å². The number of hydrogen-bond acceptors (Lipinski definition) is 8. The molecule has 3 N–H and O–H groups in total. The third-order valence-corrected chi connectivity index (χ3v) is 7.47. The fraction of sp³-hybridized carbons (Fsp3) is 0.667. The van der Waals surface area contributed by atoms with Crippen molar-refractivity contribution in [1.82, 2.24) is 4.90 Å². The molecule has 12 heteroatoms. The smallest absolute Gasteiger partial charge is 0.337 e. The van der Waals surface area contributed by atoms with E-state index in [0.29, 0.717) is 10.5 Å². The number of unbranched alkanes of at least 4 members (excludes halogenated alkanes) is 4. The van der Waals surface area contributed by atoms with E-state index in [9.17, 15) is 27.9 Å². The second-order valence-electron chi connectivity index (χ2n) is 9.99. The van der Waals surface area contributed by atoms with Crippen molar-refractivity contribution in [3.8, 4) is 0 Å². The standard InChI is InChI=1S/C27H44N2O9S/c1-5-7-8-9-10-18-28(6-2)21(3)12-11-13-22-14-16-23(17-15-22)29(39(4,36)37)38-25(32)20-27(35,26(33)34)19-24(30)31/h14-17,21,35H,5-13,18-20H2,1-4H3,(H,30,31)(H,33,34). The van der Waals surface area contributed by atoms with Crippen LogP contribution in [0.3, 0.4) is 0 Å². The Morgan fingerprint density at radius 2 is 1.59 bits per heavy atom. The van der Waals surface area contributed by atoms with Gasteiger partial charge in [-0.2, -0.15) is 0 Å². The number of hydrogen-bond donors (Lipinski definition) is 3. The number of benzene rings is 1. The van der Waals surface area contributed by atoms with Gasteiger partial charge < -0.3 is 25.1 Å². The van der Waals surface area contributed by atoms with Crippen LogP contribution in [-0.2, 0) is 35.7 Å². The summed E-state index contributed by atoms with van der Waals surface area (Å²) >= 11 is 0. The second-order valence-corrected chi connectivity index (χ2v) is 11.8. The van der Waals surface area contributed by atoms with Gasteiger partial charge in [-0.15, -0.1) is 0 Å². The number of aliphatic hydroxyl groups is 1. The summed E-state index contributed by atoms with van der Waals surface area (Å²) in [5.74, 6) is -5.02. The summed E-state index contributed by atoms with van der Waals surface area (Å²) in [6.07, 6.45) is 7.26. The van der Waals surface area contributed by atoms with Gasteiger partial charge in [0.1, 0.15) is 0 Å². The first-order valence-corrected chi connectivity index (χ1v) is 15.3. The Morgan fingerprint density at radius 1 is 0.974 bits per heavy atom. The molecule has 1 aromatic rings. The van der Waals surface area contributed by atoms with E-state index in [-0.39, 0.29) is 5.69 Å². The van der Waals surface area contributed by atoms with Crippen LogP contribution in [0.1, 0.15) is 84.1 Å². The molecule has 0 bridgehead atoms. The van der Waals surface area contributed by atoms with Crippen molar-refractivity contribution < 1.29 is 43.0 Å². The van der Waals surface area contributed by atoms with Gasteiger partial charge in [-0.25, -0.2) is 18.0 Å². The zero-order valence-corrected chi connectivity index (χ0v) is 24.3. The molecule has 0 saturated carbocycles. The monoisotopic (exact) mass is 572 g/mol. The minimum absolute atomic E-state index is 0.000276. The first kappa shape index (κ1) is 34.3. The fourth-order valence-electron chi connectivity index (χ4n) is 4.32. The number of sulfonamides is 1. The van der Waals surface area contributed by atoms with Gasteiger partial charge in [-0.05, 0) is 63.4 Å². The van der Waals surface area contributed by atoms with Crippen LogP contribution in [0.25, 0.3) is 0 Å². The lowest BCUT2D eigenvalue weighted by molar-refractivity contribution is -0.171. The van der Waals surface area contributed by atoms with Crippen LogP contribution >= 0.6 is 0 Å². The Morgan fingerprint density at radius 3 is 2.10 bits per heavy atom. The Bertz CT molecular complexity index is 1030. The molecule has 1 rings (SSSR count). The maximum absolute atomic E-state index is 12.3. The molecule has 2 atom stereocenters. The lowest BCUT2D eigenvalue weighted by atomic mass is 9.96. The van der Waals surface area contributed by atoms with E-state index in [4.69, 9.17) is 15.1 Å². The quantitative estimate of drug-likeness (QED) is 0.155. The molecule has 0 heterocycles. The topological polar surface area (TPSA) is 162 Å². The van der Waals surface area contributed by atoms with E-state index in [2.05, 4.69) is 25.7 Å². The predicted molar refractivity (Wildman–Crippen MR) is 148 cm³/mol. The van der Waals surface area contributed by atoms with E-state index in [1.807, 2.05) is 0 Å². The summed E-state index contributed by atoms with van der Waals surface area (Å²) in [6, 6.07) is 6.81. The Kier molecular flexibility index (Phi) is 14.4. The molecule has 11 nitrogen and oxygen atoms in total. The molecule has 0 amide bonds. The number of nitrogens with zero attached hydrogens (tertiary/aromatic N) is 2. The largest absolute Gasteiger partial charge is 0.481 e. The Hall–Kier alpha value is -2.70. The molecule has 0 saturated heterocycles. The van der Waals surface area contributed by atoms with Crippen LogP contribution in [0.4, 0.5) is 5.69 Å². The molecular weight excluding hydrogens is 528 g/mol. The van der Waals surface area contributed by atoms with Crippen molar-refractivity contribution in [3.05, 3.63) is 29.8 Å². The van der Waals surface area contributed by atoms with Crippen molar-refractivity contribution in [3.63, 3.8) is 0 Å². The van der Waals surface area contributed by atoms with E-state index in [0.717, 1.165) is 44.2 Å². The highest BCUT2D eigenvalue weighted by Crippen LogP contribution is 2.23. The zero-order valence-electron chi connectivity index (χ0n) is 23.5. The van der Waals surface area contributed by atoms with E-state index in [1.165, 1.54) is 44.2 Å². The number of aryl methyl sites for hydroxylation is 1. The summed E-state index contributed by atoms with van der Waals surface area (Å²) in [5, 5.41) is 28.0. The predicted octanol–water partition coefficient (Wildman–Crippen LogP) is 3.59. The Labute approximate surface area is 231 Å². The molecule has 0 radical (unpaired) electrons. The van der Waals surface area contributed by atoms with Crippen LogP contribution in [-0.4, -0.2) is 77.5 Å². The summed E-state index contributed by atoms with van der Waals surface area (Å²) < 4.78 is 24.9. The molecule has 0 aliphatic heterocycles.